The maximum Gasteiger partial charge on any atom is 0.0506 e. The minimum atomic E-state index is 0.338. The summed E-state index contributed by atoms with van der Waals surface area (Å²) in [6.07, 6.45) is 6.36. The topological polar surface area (TPSA) is 38.5 Å². The first-order valence-electron chi connectivity index (χ1n) is 7.12. The minimum absolute atomic E-state index is 0.338. The van der Waals surface area contributed by atoms with Gasteiger partial charge < -0.3 is 15.4 Å². The van der Waals surface area contributed by atoms with Gasteiger partial charge >= 0.3 is 0 Å². The van der Waals surface area contributed by atoms with E-state index in [1.165, 1.54) is 38.6 Å². The summed E-state index contributed by atoms with van der Waals surface area (Å²) >= 11 is 0. The molecule has 1 saturated carbocycles. The van der Waals surface area contributed by atoms with Crippen molar-refractivity contribution >= 4 is 0 Å². The van der Waals surface area contributed by atoms with Gasteiger partial charge in [-0.05, 0) is 44.1 Å². The van der Waals surface area contributed by atoms with Gasteiger partial charge in [0, 0.05) is 25.7 Å². The summed E-state index contributed by atoms with van der Waals surface area (Å²) in [6.45, 7) is 6.58. The molecular formula is C14H28N2O. The Morgan fingerprint density at radius 3 is 2.76 bits per heavy atom. The van der Waals surface area contributed by atoms with Gasteiger partial charge in [-0.25, -0.2) is 0 Å². The molecule has 2 aliphatic rings. The Hall–Kier alpha value is -0.120. The van der Waals surface area contributed by atoms with E-state index in [0.717, 1.165) is 25.7 Å². The first-order valence-corrected chi connectivity index (χ1v) is 7.12. The molecule has 0 aromatic carbocycles. The van der Waals surface area contributed by atoms with Gasteiger partial charge in [0.25, 0.3) is 0 Å². The molecule has 3 nitrogen and oxygen atoms in total. The first kappa shape index (κ1) is 13.3. The van der Waals surface area contributed by atoms with Gasteiger partial charge in [0.05, 0.1) is 6.61 Å². The normalized spacial score (nSPS) is 38.8. The Morgan fingerprint density at radius 1 is 1.35 bits per heavy atom. The zero-order valence-electron chi connectivity index (χ0n) is 11.5. The smallest absolute Gasteiger partial charge is 0.0506 e. The molecule has 1 aliphatic heterocycles. The predicted octanol–water partition coefficient (Wildman–Crippen LogP) is 1.86. The van der Waals surface area contributed by atoms with Crippen LogP contribution in [0.1, 0.15) is 39.0 Å². The van der Waals surface area contributed by atoms with Crippen LogP contribution in [0.2, 0.25) is 0 Å². The van der Waals surface area contributed by atoms with Crippen LogP contribution < -0.4 is 5.73 Å². The third-order valence-electron chi connectivity index (χ3n) is 4.61. The predicted molar refractivity (Wildman–Crippen MR) is 71.0 cm³/mol. The van der Waals surface area contributed by atoms with Crippen molar-refractivity contribution < 1.29 is 4.74 Å². The fourth-order valence-electron chi connectivity index (χ4n) is 3.53. The molecule has 2 N–H and O–H groups in total. The van der Waals surface area contributed by atoms with Crippen LogP contribution in [0, 0.1) is 11.3 Å². The van der Waals surface area contributed by atoms with Crippen molar-refractivity contribution in [1.29, 1.82) is 0 Å². The average Bonchev–Trinajstić information content (AvgIpc) is 2.60. The summed E-state index contributed by atoms with van der Waals surface area (Å²) in [5, 5.41) is 0. The van der Waals surface area contributed by atoms with Gasteiger partial charge in [-0.3, -0.25) is 0 Å². The molecule has 1 aliphatic carbocycles. The van der Waals surface area contributed by atoms with Crippen molar-refractivity contribution in [3.63, 3.8) is 0 Å². The second kappa shape index (κ2) is 5.68. The Labute approximate surface area is 106 Å². The fraction of sp³-hybridized carbons (Fsp3) is 1.00. The van der Waals surface area contributed by atoms with Gasteiger partial charge in [0.2, 0.25) is 0 Å². The zero-order chi connectivity index (χ0) is 12.3. The molecule has 0 spiro atoms. The van der Waals surface area contributed by atoms with Crippen LogP contribution in [-0.2, 0) is 4.74 Å². The summed E-state index contributed by atoms with van der Waals surface area (Å²) < 4.78 is 5.55. The highest BCUT2D eigenvalue weighted by molar-refractivity contribution is 4.93. The van der Waals surface area contributed by atoms with Crippen molar-refractivity contribution in [3.05, 3.63) is 0 Å². The van der Waals surface area contributed by atoms with Crippen LogP contribution in [0.15, 0.2) is 0 Å². The monoisotopic (exact) mass is 240 g/mol. The molecule has 2 rings (SSSR count). The maximum atomic E-state index is 6.24. The first-order chi connectivity index (χ1) is 8.10. The molecule has 3 atom stereocenters. The lowest BCUT2D eigenvalue weighted by molar-refractivity contribution is 0.0358. The van der Waals surface area contributed by atoms with Gasteiger partial charge in [-0.1, -0.05) is 13.3 Å². The van der Waals surface area contributed by atoms with Crippen LogP contribution in [0.5, 0.6) is 0 Å². The lowest BCUT2D eigenvalue weighted by Gasteiger charge is -2.35. The van der Waals surface area contributed by atoms with E-state index in [-0.39, 0.29) is 0 Å². The van der Waals surface area contributed by atoms with E-state index < -0.39 is 0 Å². The van der Waals surface area contributed by atoms with Gasteiger partial charge in [0.15, 0.2) is 0 Å². The molecule has 3 unspecified atom stereocenters. The molecule has 0 radical (unpaired) electrons. The van der Waals surface area contributed by atoms with E-state index in [2.05, 4.69) is 18.9 Å². The lowest BCUT2D eigenvalue weighted by Crippen LogP contribution is -2.44. The highest BCUT2D eigenvalue weighted by atomic mass is 16.5. The van der Waals surface area contributed by atoms with Crippen LogP contribution in [-0.4, -0.2) is 44.3 Å². The van der Waals surface area contributed by atoms with Crippen molar-refractivity contribution in [2.75, 3.05) is 33.4 Å². The van der Waals surface area contributed by atoms with E-state index in [4.69, 9.17) is 10.5 Å². The molecule has 1 saturated heterocycles. The van der Waals surface area contributed by atoms with Crippen molar-refractivity contribution in [1.82, 2.24) is 4.90 Å². The quantitative estimate of drug-likeness (QED) is 0.815. The van der Waals surface area contributed by atoms with Crippen molar-refractivity contribution in [2.45, 2.75) is 45.1 Å². The third-order valence-corrected chi connectivity index (χ3v) is 4.61. The fourth-order valence-corrected chi connectivity index (χ4v) is 3.53. The summed E-state index contributed by atoms with van der Waals surface area (Å²) in [5.74, 6) is 0.731. The molecule has 0 bridgehead atoms. The van der Waals surface area contributed by atoms with E-state index >= 15 is 0 Å². The number of ether oxygens (including phenoxy) is 1. The third kappa shape index (κ3) is 3.43. The molecule has 17 heavy (non-hydrogen) atoms. The molecular weight excluding hydrogens is 212 g/mol. The number of hydrogen-bond donors (Lipinski definition) is 1. The Balaban J connectivity index is 1.77. The van der Waals surface area contributed by atoms with Crippen LogP contribution in [0.4, 0.5) is 0 Å². The summed E-state index contributed by atoms with van der Waals surface area (Å²) in [5.41, 5.74) is 6.58. The summed E-state index contributed by atoms with van der Waals surface area (Å²) in [6, 6.07) is 0.396. The van der Waals surface area contributed by atoms with Crippen molar-refractivity contribution in [3.8, 4) is 0 Å². The number of hydrogen-bond acceptors (Lipinski definition) is 3. The second-order valence-electron chi connectivity index (χ2n) is 6.43. The maximum absolute atomic E-state index is 6.24. The lowest BCUT2D eigenvalue weighted by atomic mass is 9.84. The van der Waals surface area contributed by atoms with Gasteiger partial charge in [-0.2, -0.15) is 0 Å². The largest absolute Gasteiger partial charge is 0.381 e. The highest BCUT2D eigenvalue weighted by Crippen LogP contribution is 2.37. The number of nitrogens with zero attached hydrogens (tertiary/aromatic N) is 1. The molecule has 0 aromatic rings. The van der Waals surface area contributed by atoms with Crippen LogP contribution in [0.25, 0.3) is 0 Å². The van der Waals surface area contributed by atoms with Gasteiger partial charge in [-0.15, -0.1) is 0 Å². The Bertz CT molecular complexity index is 240. The molecule has 100 valence electrons. The summed E-state index contributed by atoms with van der Waals surface area (Å²) in [7, 11) is 2.24. The summed E-state index contributed by atoms with van der Waals surface area (Å²) in [4.78, 5) is 2.48. The van der Waals surface area contributed by atoms with E-state index in [1.54, 1.807) is 0 Å². The average molecular weight is 240 g/mol. The molecule has 2 fully saturated rings. The second-order valence-corrected chi connectivity index (χ2v) is 6.43. The molecule has 1 heterocycles. The van der Waals surface area contributed by atoms with E-state index in [9.17, 15) is 0 Å². The molecule has 0 amide bonds. The Morgan fingerprint density at radius 2 is 2.18 bits per heavy atom. The van der Waals surface area contributed by atoms with Gasteiger partial charge in [0.1, 0.15) is 0 Å². The van der Waals surface area contributed by atoms with Crippen molar-refractivity contribution in [2.24, 2.45) is 17.1 Å². The molecule has 3 heteroatoms. The standard InChI is InChI=1S/C14H28N2O/c1-14(7-3-6-13(14)15)11-16(2)9-12-5-4-8-17-10-12/h12-13H,3-11,15H2,1-2H3. The number of rotatable bonds is 4. The van der Waals surface area contributed by atoms with Crippen LogP contribution in [0.3, 0.4) is 0 Å². The number of nitrogens with two attached hydrogens (primary N) is 1. The van der Waals surface area contributed by atoms with E-state index in [1.807, 2.05) is 0 Å². The van der Waals surface area contributed by atoms with Crippen LogP contribution >= 0.6 is 0 Å². The zero-order valence-corrected chi connectivity index (χ0v) is 11.5. The SMILES string of the molecule is CN(CC1CCCOC1)CC1(C)CCCC1N. The highest BCUT2D eigenvalue weighted by Gasteiger charge is 2.37. The van der Waals surface area contributed by atoms with E-state index in [0.29, 0.717) is 11.5 Å². The minimum Gasteiger partial charge on any atom is -0.381 e. The Kier molecular flexibility index (Phi) is 4.45. The molecule has 0 aromatic heterocycles.